The quantitative estimate of drug-likeness (QED) is 0.536. The standard InChI is InChI=1S/C22H17N5O2/c28-22-26(15-16-9-3-1-4-10-16)20(18-13-7-8-14-19(18)29-22)21-23-24-25-27(21)17-11-5-2-6-12-17/h1-14,20H,15H2/t20-/m1/s1. The molecule has 1 aliphatic heterocycles. The lowest BCUT2D eigenvalue weighted by atomic mass is 10.0. The first-order valence-electron chi connectivity index (χ1n) is 9.26. The molecule has 0 aliphatic carbocycles. The number of nitrogens with zero attached hydrogens (tertiary/aromatic N) is 5. The summed E-state index contributed by atoms with van der Waals surface area (Å²) in [5.41, 5.74) is 2.66. The fraction of sp³-hybridized carbons (Fsp3) is 0.0909. The molecule has 5 rings (SSSR count). The first-order valence-corrected chi connectivity index (χ1v) is 9.26. The molecule has 29 heavy (non-hydrogen) atoms. The monoisotopic (exact) mass is 383 g/mol. The summed E-state index contributed by atoms with van der Waals surface area (Å²) in [5, 5.41) is 12.4. The minimum absolute atomic E-state index is 0.375. The predicted molar refractivity (Wildman–Crippen MR) is 105 cm³/mol. The first-order chi connectivity index (χ1) is 14.3. The van der Waals surface area contributed by atoms with Crippen LogP contribution >= 0.6 is 0 Å². The van der Waals surface area contributed by atoms with Crippen LogP contribution in [-0.4, -0.2) is 31.2 Å². The van der Waals surface area contributed by atoms with E-state index in [0.717, 1.165) is 16.8 Å². The number of amides is 1. The number of tetrazole rings is 1. The molecule has 0 unspecified atom stereocenters. The molecule has 0 N–H and O–H groups in total. The lowest BCUT2D eigenvalue weighted by Crippen LogP contribution is -2.42. The molecule has 3 aromatic carbocycles. The maximum absolute atomic E-state index is 12.9. The molecule has 0 spiro atoms. The Morgan fingerprint density at radius 2 is 1.55 bits per heavy atom. The topological polar surface area (TPSA) is 73.1 Å². The second-order valence-corrected chi connectivity index (χ2v) is 6.71. The van der Waals surface area contributed by atoms with Crippen LogP contribution in [0.2, 0.25) is 0 Å². The number of rotatable bonds is 4. The molecule has 7 heteroatoms. The van der Waals surface area contributed by atoms with Crippen molar-refractivity contribution in [1.82, 2.24) is 25.1 Å². The number of para-hydroxylation sites is 2. The summed E-state index contributed by atoms with van der Waals surface area (Å²) < 4.78 is 7.26. The third kappa shape index (κ3) is 3.12. The Morgan fingerprint density at radius 1 is 0.862 bits per heavy atom. The minimum Gasteiger partial charge on any atom is -0.410 e. The molecule has 1 amide bonds. The van der Waals surface area contributed by atoms with Crippen LogP contribution < -0.4 is 4.74 Å². The zero-order valence-corrected chi connectivity index (χ0v) is 15.4. The molecule has 1 atom stereocenters. The second kappa shape index (κ2) is 7.20. The smallest absolute Gasteiger partial charge is 0.410 e. The van der Waals surface area contributed by atoms with Crippen LogP contribution in [0.25, 0.3) is 5.69 Å². The average Bonchev–Trinajstić information content (AvgIpc) is 3.25. The normalized spacial score (nSPS) is 15.7. The Kier molecular flexibility index (Phi) is 4.25. The van der Waals surface area contributed by atoms with Crippen molar-refractivity contribution in [1.29, 1.82) is 0 Å². The minimum atomic E-state index is -0.483. The number of hydrogen-bond donors (Lipinski definition) is 0. The molecule has 4 aromatic rings. The van der Waals surface area contributed by atoms with E-state index >= 15 is 0 Å². The summed E-state index contributed by atoms with van der Waals surface area (Å²) in [4.78, 5) is 14.6. The van der Waals surface area contributed by atoms with Gasteiger partial charge in [-0.2, -0.15) is 4.68 Å². The number of hydrogen-bond acceptors (Lipinski definition) is 5. The van der Waals surface area contributed by atoms with Gasteiger partial charge in [-0.1, -0.05) is 66.7 Å². The molecule has 0 bridgehead atoms. The Hall–Kier alpha value is -4.00. The van der Waals surface area contributed by atoms with Gasteiger partial charge in [0.15, 0.2) is 5.82 Å². The summed E-state index contributed by atoms with van der Waals surface area (Å²) in [6.07, 6.45) is -0.430. The Bertz CT molecular complexity index is 1140. The van der Waals surface area contributed by atoms with Gasteiger partial charge in [-0.15, -0.1) is 5.10 Å². The number of benzene rings is 3. The van der Waals surface area contributed by atoms with Crippen LogP contribution in [0.5, 0.6) is 5.75 Å². The van der Waals surface area contributed by atoms with E-state index in [9.17, 15) is 4.79 Å². The Morgan fingerprint density at radius 3 is 2.34 bits per heavy atom. The molecule has 0 fully saturated rings. The molecule has 2 heterocycles. The van der Waals surface area contributed by atoms with Crippen molar-refractivity contribution in [2.24, 2.45) is 0 Å². The predicted octanol–water partition coefficient (Wildman–Crippen LogP) is 3.77. The SMILES string of the molecule is O=C1Oc2ccccc2[C@H](c2nnnn2-c2ccccc2)N1Cc1ccccc1. The Balaban J connectivity index is 1.65. The van der Waals surface area contributed by atoms with Crippen molar-refractivity contribution in [3.8, 4) is 11.4 Å². The molecule has 1 aliphatic rings. The summed E-state index contributed by atoms with van der Waals surface area (Å²) in [6, 6.07) is 26.4. The lowest BCUT2D eigenvalue weighted by molar-refractivity contribution is 0.119. The van der Waals surface area contributed by atoms with Crippen molar-refractivity contribution in [3.05, 3.63) is 102 Å². The van der Waals surface area contributed by atoms with Gasteiger partial charge >= 0.3 is 6.09 Å². The van der Waals surface area contributed by atoms with Crippen LogP contribution in [0.15, 0.2) is 84.9 Å². The van der Waals surface area contributed by atoms with E-state index in [2.05, 4.69) is 15.5 Å². The fourth-order valence-electron chi connectivity index (χ4n) is 3.56. The van der Waals surface area contributed by atoms with Gasteiger partial charge < -0.3 is 4.74 Å². The van der Waals surface area contributed by atoms with E-state index in [0.29, 0.717) is 18.1 Å². The maximum Gasteiger partial charge on any atom is 0.416 e. The van der Waals surface area contributed by atoms with Crippen molar-refractivity contribution in [2.45, 2.75) is 12.6 Å². The van der Waals surface area contributed by atoms with E-state index in [1.165, 1.54) is 0 Å². The molecule has 7 nitrogen and oxygen atoms in total. The van der Waals surface area contributed by atoms with Crippen LogP contribution in [-0.2, 0) is 6.54 Å². The van der Waals surface area contributed by atoms with Gasteiger partial charge in [-0.25, -0.2) is 4.79 Å². The number of carbonyl (C=O) groups excluding carboxylic acids is 1. The van der Waals surface area contributed by atoms with Gasteiger partial charge in [-0.05, 0) is 34.2 Å². The largest absolute Gasteiger partial charge is 0.416 e. The zero-order chi connectivity index (χ0) is 19.6. The average molecular weight is 383 g/mol. The first kappa shape index (κ1) is 17.1. The van der Waals surface area contributed by atoms with Gasteiger partial charge in [0, 0.05) is 5.56 Å². The van der Waals surface area contributed by atoms with E-state index in [1.807, 2.05) is 78.9 Å². The third-order valence-corrected chi connectivity index (χ3v) is 4.89. The third-order valence-electron chi connectivity index (χ3n) is 4.89. The van der Waals surface area contributed by atoms with Gasteiger partial charge in [0.2, 0.25) is 0 Å². The van der Waals surface area contributed by atoms with Crippen LogP contribution in [0.1, 0.15) is 23.0 Å². The number of aromatic nitrogens is 4. The van der Waals surface area contributed by atoms with Crippen LogP contribution in [0.3, 0.4) is 0 Å². The molecule has 0 saturated carbocycles. The summed E-state index contributed by atoms with van der Waals surface area (Å²) in [6.45, 7) is 0.375. The van der Waals surface area contributed by atoms with Gasteiger partial charge in [0.05, 0.1) is 12.2 Å². The van der Waals surface area contributed by atoms with Crippen molar-refractivity contribution >= 4 is 6.09 Å². The summed E-state index contributed by atoms with van der Waals surface area (Å²) in [7, 11) is 0. The summed E-state index contributed by atoms with van der Waals surface area (Å²) >= 11 is 0. The molecule has 1 aromatic heterocycles. The Labute approximate surface area is 167 Å². The summed E-state index contributed by atoms with van der Waals surface area (Å²) in [5.74, 6) is 1.07. The zero-order valence-electron chi connectivity index (χ0n) is 15.4. The molecule has 0 saturated heterocycles. The van der Waals surface area contributed by atoms with E-state index in [1.54, 1.807) is 15.6 Å². The number of carbonyl (C=O) groups is 1. The molecule has 0 radical (unpaired) electrons. The van der Waals surface area contributed by atoms with Crippen LogP contribution in [0, 0.1) is 0 Å². The van der Waals surface area contributed by atoms with Gasteiger partial charge in [0.25, 0.3) is 0 Å². The molecule has 142 valence electrons. The van der Waals surface area contributed by atoms with E-state index in [4.69, 9.17) is 4.74 Å². The molecular weight excluding hydrogens is 366 g/mol. The maximum atomic E-state index is 12.9. The highest BCUT2D eigenvalue weighted by molar-refractivity contribution is 5.75. The van der Waals surface area contributed by atoms with Crippen molar-refractivity contribution in [3.63, 3.8) is 0 Å². The van der Waals surface area contributed by atoms with Crippen LogP contribution in [0.4, 0.5) is 4.79 Å². The fourth-order valence-corrected chi connectivity index (χ4v) is 3.56. The van der Waals surface area contributed by atoms with Crippen molar-refractivity contribution in [2.75, 3.05) is 0 Å². The highest BCUT2D eigenvalue weighted by atomic mass is 16.6. The van der Waals surface area contributed by atoms with E-state index < -0.39 is 12.1 Å². The second-order valence-electron chi connectivity index (χ2n) is 6.71. The van der Waals surface area contributed by atoms with Gasteiger partial charge in [-0.3, -0.25) is 4.90 Å². The van der Waals surface area contributed by atoms with Crippen molar-refractivity contribution < 1.29 is 9.53 Å². The van der Waals surface area contributed by atoms with Gasteiger partial charge in [0.1, 0.15) is 11.8 Å². The number of fused-ring (bicyclic) bond motifs is 1. The number of ether oxygens (including phenoxy) is 1. The highest BCUT2D eigenvalue weighted by Crippen LogP contribution is 2.39. The molecular formula is C22H17N5O2. The highest BCUT2D eigenvalue weighted by Gasteiger charge is 2.38. The van der Waals surface area contributed by atoms with E-state index in [-0.39, 0.29) is 0 Å². The lowest BCUT2D eigenvalue weighted by Gasteiger charge is -2.35.